The first-order valence-corrected chi connectivity index (χ1v) is 13.0. The fraction of sp³-hybridized carbons (Fsp3) is 0.448. The van der Waals surface area contributed by atoms with E-state index in [0.717, 1.165) is 22.3 Å². The molecule has 1 aliphatic rings. The van der Waals surface area contributed by atoms with Crippen LogP contribution in [0.5, 0.6) is 0 Å². The molecule has 1 unspecified atom stereocenters. The number of hydrogen-bond donors (Lipinski definition) is 4. The molecule has 2 aromatic carbocycles. The van der Waals surface area contributed by atoms with Crippen molar-refractivity contribution < 1.29 is 33.8 Å². The number of nitrogens with one attached hydrogen (secondary N) is 3. The van der Waals surface area contributed by atoms with Crippen LogP contribution < -0.4 is 16.0 Å². The summed E-state index contributed by atoms with van der Waals surface area (Å²) >= 11 is 0. The molecule has 0 aromatic heterocycles. The van der Waals surface area contributed by atoms with Crippen LogP contribution in [0.15, 0.2) is 48.5 Å². The molecule has 10 heteroatoms. The Hall–Kier alpha value is -4.08. The van der Waals surface area contributed by atoms with Crippen molar-refractivity contribution in [3.05, 3.63) is 59.7 Å². The van der Waals surface area contributed by atoms with Crippen LogP contribution in [0.1, 0.15) is 58.1 Å². The van der Waals surface area contributed by atoms with Crippen molar-refractivity contribution in [3.8, 4) is 11.1 Å². The number of carboxylic acids is 1. The van der Waals surface area contributed by atoms with E-state index < -0.39 is 41.7 Å². The van der Waals surface area contributed by atoms with Crippen LogP contribution in [0.25, 0.3) is 11.1 Å². The molecule has 0 saturated heterocycles. The van der Waals surface area contributed by atoms with Gasteiger partial charge in [-0.3, -0.25) is 4.79 Å². The quantitative estimate of drug-likeness (QED) is 0.357. The van der Waals surface area contributed by atoms with Gasteiger partial charge in [0, 0.05) is 5.92 Å². The Morgan fingerprint density at radius 2 is 1.44 bits per heavy atom. The summed E-state index contributed by atoms with van der Waals surface area (Å²) in [6.07, 6.45) is -1.47. The maximum Gasteiger partial charge on any atom is 0.407 e. The van der Waals surface area contributed by atoms with Crippen LogP contribution in [-0.4, -0.2) is 60.0 Å². The van der Waals surface area contributed by atoms with Gasteiger partial charge in [-0.2, -0.15) is 0 Å². The summed E-state index contributed by atoms with van der Waals surface area (Å²) in [5, 5.41) is 16.9. The first-order valence-electron chi connectivity index (χ1n) is 13.0. The highest BCUT2D eigenvalue weighted by Gasteiger charge is 2.31. The van der Waals surface area contributed by atoms with Crippen LogP contribution in [0, 0.1) is 5.92 Å². The Kier molecular flexibility index (Phi) is 9.56. The molecule has 0 fully saturated rings. The van der Waals surface area contributed by atoms with Crippen LogP contribution in [0.3, 0.4) is 0 Å². The van der Waals surface area contributed by atoms with Crippen molar-refractivity contribution in [2.45, 2.75) is 64.6 Å². The lowest BCUT2D eigenvalue weighted by Crippen LogP contribution is -2.56. The summed E-state index contributed by atoms with van der Waals surface area (Å²) in [6.45, 7) is 8.42. The molecule has 39 heavy (non-hydrogen) atoms. The van der Waals surface area contributed by atoms with Gasteiger partial charge in [0.1, 0.15) is 24.3 Å². The van der Waals surface area contributed by atoms with Gasteiger partial charge in [0.2, 0.25) is 5.91 Å². The minimum absolute atomic E-state index is 0.000158. The van der Waals surface area contributed by atoms with E-state index in [4.69, 9.17) is 9.47 Å². The Labute approximate surface area is 228 Å². The van der Waals surface area contributed by atoms with E-state index in [0.29, 0.717) is 0 Å². The highest BCUT2D eigenvalue weighted by Crippen LogP contribution is 2.44. The van der Waals surface area contributed by atoms with Crippen molar-refractivity contribution in [1.29, 1.82) is 0 Å². The van der Waals surface area contributed by atoms with E-state index in [9.17, 15) is 24.3 Å². The first kappa shape index (κ1) is 29.5. The average molecular weight is 540 g/mol. The molecule has 4 N–H and O–H groups in total. The number of carbonyl (C=O) groups excluding carboxylic acids is 3. The molecule has 10 nitrogen and oxygen atoms in total. The molecule has 0 bridgehead atoms. The molecular formula is C29H37N3O7. The second-order valence-corrected chi connectivity index (χ2v) is 10.9. The molecule has 3 amide bonds. The minimum Gasteiger partial charge on any atom is -0.480 e. The van der Waals surface area contributed by atoms with Crippen LogP contribution in [-0.2, 0) is 19.1 Å². The summed E-state index contributed by atoms with van der Waals surface area (Å²) in [6, 6.07) is 13.3. The van der Waals surface area contributed by atoms with Crippen molar-refractivity contribution >= 4 is 24.1 Å². The SMILES string of the molecule is CC(C)CC(NC(=O)[C@H](CNC(=O)OC(C)(C)C)NC(=O)OCC1c2ccccc2-c2ccccc21)C(=O)O. The zero-order valence-corrected chi connectivity index (χ0v) is 22.9. The largest absolute Gasteiger partial charge is 0.480 e. The highest BCUT2D eigenvalue weighted by molar-refractivity contribution is 5.90. The maximum atomic E-state index is 13.0. The van der Waals surface area contributed by atoms with Gasteiger partial charge in [-0.1, -0.05) is 62.4 Å². The number of fused-ring (bicyclic) bond motifs is 3. The summed E-state index contributed by atoms with van der Waals surface area (Å²) in [5.41, 5.74) is 3.45. The number of aliphatic carboxylic acids is 1. The number of benzene rings is 2. The van der Waals surface area contributed by atoms with E-state index in [2.05, 4.69) is 16.0 Å². The summed E-state index contributed by atoms with van der Waals surface area (Å²) < 4.78 is 10.7. The van der Waals surface area contributed by atoms with Gasteiger partial charge in [-0.05, 0) is 55.4 Å². The molecule has 3 rings (SSSR count). The number of ether oxygens (including phenoxy) is 2. The van der Waals surface area contributed by atoms with E-state index in [1.807, 2.05) is 62.4 Å². The Bertz CT molecular complexity index is 1160. The smallest absolute Gasteiger partial charge is 0.407 e. The van der Waals surface area contributed by atoms with Gasteiger partial charge in [-0.25, -0.2) is 14.4 Å². The van der Waals surface area contributed by atoms with Crippen LogP contribution >= 0.6 is 0 Å². The van der Waals surface area contributed by atoms with Gasteiger partial charge >= 0.3 is 18.2 Å². The average Bonchev–Trinajstić information content (AvgIpc) is 3.17. The molecule has 0 heterocycles. The van der Waals surface area contributed by atoms with Crippen LogP contribution in [0.2, 0.25) is 0 Å². The monoisotopic (exact) mass is 539 g/mol. The predicted octanol–water partition coefficient (Wildman–Crippen LogP) is 4.03. The maximum absolute atomic E-state index is 13.0. The topological polar surface area (TPSA) is 143 Å². The molecule has 2 atom stereocenters. The second kappa shape index (κ2) is 12.6. The number of rotatable bonds is 10. The van der Waals surface area contributed by atoms with Gasteiger partial charge in [0.15, 0.2) is 0 Å². The van der Waals surface area contributed by atoms with Gasteiger partial charge in [0.25, 0.3) is 0 Å². The van der Waals surface area contributed by atoms with Crippen molar-refractivity contribution in [1.82, 2.24) is 16.0 Å². The Morgan fingerprint density at radius 1 is 0.872 bits per heavy atom. The van der Waals surface area contributed by atoms with Crippen molar-refractivity contribution in [2.75, 3.05) is 13.2 Å². The van der Waals surface area contributed by atoms with Crippen molar-refractivity contribution in [3.63, 3.8) is 0 Å². The number of carbonyl (C=O) groups is 4. The third kappa shape index (κ3) is 8.20. The molecule has 0 aliphatic heterocycles. The predicted molar refractivity (Wildman–Crippen MR) is 145 cm³/mol. The lowest BCUT2D eigenvalue weighted by atomic mass is 9.98. The van der Waals surface area contributed by atoms with E-state index >= 15 is 0 Å². The van der Waals surface area contributed by atoms with Gasteiger partial charge in [0.05, 0.1) is 6.54 Å². The third-order valence-electron chi connectivity index (χ3n) is 6.12. The summed E-state index contributed by atoms with van der Waals surface area (Å²) in [5.74, 6) is -2.15. The van der Waals surface area contributed by atoms with E-state index in [-0.39, 0.29) is 31.4 Å². The van der Waals surface area contributed by atoms with Crippen LogP contribution in [0.4, 0.5) is 9.59 Å². The standard InChI is InChI=1S/C29H37N3O7/c1-17(2)14-23(26(34)35)31-25(33)24(15-30-27(36)39-29(3,4)5)32-28(37)38-16-22-20-12-8-6-10-18(20)19-11-7-9-13-21(19)22/h6-13,17,22-24H,14-16H2,1-5H3,(H,30,36)(H,31,33)(H,32,37)(H,34,35)/t23?,24-/m0/s1. The minimum atomic E-state index is -1.30. The second-order valence-electron chi connectivity index (χ2n) is 10.9. The van der Waals surface area contributed by atoms with Gasteiger partial charge < -0.3 is 30.5 Å². The molecule has 1 aliphatic carbocycles. The van der Waals surface area contributed by atoms with E-state index in [1.54, 1.807) is 20.8 Å². The normalized spacial score (nSPS) is 14.0. The lowest BCUT2D eigenvalue weighted by Gasteiger charge is -2.24. The number of carboxylic acid groups (broad SMARTS) is 1. The number of amides is 3. The van der Waals surface area contributed by atoms with Crippen molar-refractivity contribution in [2.24, 2.45) is 5.92 Å². The Morgan fingerprint density at radius 3 is 1.95 bits per heavy atom. The Balaban J connectivity index is 1.69. The third-order valence-corrected chi connectivity index (χ3v) is 6.12. The first-order chi connectivity index (χ1) is 18.4. The summed E-state index contributed by atoms with van der Waals surface area (Å²) in [4.78, 5) is 49.7. The molecule has 0 saturated carbocycles. The fourth-order valence-corrected chi connectivity index (χ4v) is 4.46. The highest BCUT2D eigenvalue weighted by atomic mass is 16.6. The van der Waals surface area contributed by atoms with E-state index in [1.165, 1.54) is 0 Å². The lowest BCUT2D eigenvalue weighted by molar-refractivity contribution is -0.142. The zero-order valence-electron chi connectivity index (χ0n) is 22.9. The fourth-order valence-electron chi connectivity index (χ4n) is 4.46. The molecular weight excluding hydrogens is 502 g/mol. The molecule has 0 spiro atoms. The van der Waals surface area contributed by atoms with Gasteiger partial charge in [-0.15, -0.1) is 0 Å². The molecule has 210 valence electrons. The number of alkyl carbamates (subject to hydrolysis) is 2. The molecule has 0 radical (unpaired) electrons. The molecule has 2 aromatic rings. The number of hydrogen-bond acceptors (Lipinski definition) is 6. The zero-order chi connectivity index (χ0) is 28.7. The summed E-state index contributed by atoms with van der Waals surface area (Å²) in [7, 11) is 0.